The molecule has 4 aromatic rings. The van der Waals surface area contributed by atoms with Crippen molar-refractivity contribution in [2.75, 3.05) is 0 Å². The van der Waals surface area contributed by atoms with Crippen LogP contribution in [0.1, 0.15) is 33.4 Å². The second-order valence-electron chi connectivity index (χ2n) is 8.31. The third kappa shape index (κ3) is 5.30. The van der Waals surface area contributed by atoms with Gasteiger partial charge in [-0.15, -0.1) is 22.3 Å². The number of fused-ring (bicyclic) bond motifs is 6. The van der Waals surface area contributed by atoms with Crippen LogP contribution >= 0.6 is 0 Å². The summed E-state index contributed by atoms with van der Waals surface area (Å²) in [5, 5.41) is 0. The van der Waals surface area contributed by atoms with Gasteiger partial charge >= 0.3 is 0 Å². The Kier molecular flexibility index (Phi) is 8.62. The number of hydrogen-bond acceptors (Lipinski definition) is 0. The van der Waals surface area contributed by atoms with Crippen LogP contribution in [-0.4, -0.2) is 9.52 Å². The summed E-state index contributed by atoms with van der Waals surface area (Å²) in [5.41, 5.74) is 13.6. The second kappa shape index (κ2) is 11.2. The fourth-order valence-electron chi connectivity index (χ4n) is 4.35. The molecular weight excluding hydrogens is 567 g/mol. The van der Waals surface area contributed by atoms with E-state index in [0.717, 1.165) is 22.4 Å². The van der Waals surface area contributed by atoms with Crippen molar-refractivity contribution in [3.8, 4) is 22.3 Å². The van der Waals surface area contributed by atoms with Gasteiger partial charge in [-0.1, -0.05) is 97.7 Å². The smallest absolute Gasteiger partial charge is 0.0213 e. The minimum absolute atomic E-state index is 0. The molecule has 0 unspecified atom stereocenters. The molecule has 0 atom stereocenters. The molecule has 1 radical (unpaired) electrons. The van der Waals surface area contributed by atoms with Crippen LogP contribution in [0.2, 0.25) is 13.1 Å². The molecule has 0 heterocycles. The van der Waals surface area contributed by atoms with Crippen molar-refractivity contribution in [3.63, 3.8) is 0 Å². The van der Waals surface area contributed by atoms with E-state index in [2.05, 4.69) is 112 Å². The van der Waals surface area contributed by atoms with E-state index in [-0.39, 0.29) is 25.8 Å². The van der Waals surface area contributed by atoms with Gasteiger partial charge in [-0.2, -0.15) is 47.5 Å². The Labute approximate surface area is 214 Å². The van der Waals surface area contributed by atoms with Crippen molar-refractivity contribution in [2.24, 2.45) is 0 Å². The zero-order valence-electron chi connectivity index (χ0n) is 19.4. The van der Waals surface area contributed by atoms with Gasteiger partial charge in [-0.25, -0.2) is 0 Å². The van der Waals surface area contributed by atoms with Crippen LogP contribution in [0.5, 0.6) is 0 Å². The van der Waals surface area contributed by atoms with E-state index in [4.69, 9.17) is 0 Å². The molecule has 6 rings (SSSR count). The van der Waals surface area contributed by atoms with Crippen LogP contribution in [0.3, 0.4) is 0 Å². The number of aryl methyl sites for hydroxylation is 2. The molecule has 0 spiro atoms. The Morgan fingerprint density at radius 2 is 0.938 bits per heavy atom. The van der Waals surface area contributed by atoms with Crippen LogP contribution in [0.15, 0.2) is 72.8 Å². The molecule has 0 nitrogen and oxygen atoms in total. The third-order valence-corrected chi connectivity index (χ3v) is 5.70. The molecule has 4 aromatic carbocycles. The molecule has 0 saturated heterocycles. The minimum atomic E-state index is 0. The molecule has 2 heteroatoms. The Balaban J connectivity index is 0.000000157. The fourth-order valence-corrected chi connectivity index (χ4v) is 4.35. The van der Waals surface area contributed by atoms with Gasteiger partial charge in [0.25, 0.3) is 0 Å². The Hall–Kier alpha value is -2.03. The van der Waals surface area contributed by atoms with Crippen molar-refractivity contribution in [1.82, 2.24) is 0 Å². The first kappa shape index (κ1) is 24.6. The predicted molar refractivity (Wildman–Crippen MR) is 135 cm³/mol. The molecule has 159 valence electrons. The molecule has 0 N–H and O–H groups in total. The molecule has 0 bridgehead atoms. The summed E-state index contributed by atoms with van der Waals surface area (Å²) in [6.45, 7) is 8.62. The summed E-state index contributed by atoms with van der Waals surface area (Å²) < 4.78 is 0. The largest absolute Gasteiger partial charge is 0.176 e. The van der Waals surface area contributed by atoms with Crippen molar-refractivity contribution in [3.05, 3.63) is 118 Å². The van der Waals surface area contributed by atoms with E-state index in [1.807, 2.05) is 0 Å². The van der Waals surface area contributed by atoms with Gasteiger partial charge in [0.05, 0.1) is 0 Å². The average Bonchev–Trinajstić information content (AvgIpc) is 3.31. The van der Waals surface area contributed by atoms with Gasteiger partial charge in [0, 0.05) is 35.4 Å². The quantitative estimate of drug-likeness (QED) is 0.128. The van der Waals surface area contributed by atoms with Crippen molar-refractivity contribution < 1.29 is 25.8 Å². The molecule has 0 amide bonds. The Morgan fingerprint density at radius 1 is 0.562 bits per heavy atom. The maximum Gasteiger partial charge on any atom is 0.0213 e. The minimum Gasteiger partial charge on any atom is -0.176 e. The van der Waals surface area contributed by atoms with Crippen molar-refractivity contribution >= 4 is 9.52 Å². The van der Waals surface area contributed by atoms with Gasteiger partial charge in [0.2, 0.25) is 0 Å². The molecule has 32 heavy (non-hydrogen) atoms. The Morgan fingerprint density at radius 3 is 1.34 bits per heavy atom. The molecule has 0 fully saturated rings. The first-order valence-corrected chi connectivity index (χ1v) is 13.4. The number of hydrogen-bond donors (Lipinski definition) is 0. The van der Waals surface area contributed by atoms with Crippen LogP contribution in [0.25, 0.3) is 22.3 Å². The first-order valence-electron chi connectivity index (χ1n) is 11.0. The fraction of sp³-hybridized carbons (Fsp3) is 0.200. The standard InChI is InChI=1S/2C14H11.C2H7Si.Hf/c2*1-10-6-7-14-12(8-10)9-11-4-2-3-5-13(11)14;1-3-2;/h2*2-7H,9H2,1H3;3H,1-2H3;/q2*-1;;. The topological polar surface area (TPSA) is 0 Å². The molecule has 0 saturated carbocycles. The van der Waals surface area contributed by atoms with E-state index >= 15 is 0 Å². The summed E-state index contributed by atoms with van der Waals surface area (Å²) in [5.74, 6) is 0. The summed E-state index contributed by atoms with van der Waals surface area (Å²) in [6.07, 6.45) is 2.10. The van der Waals surface area contributed by atoms with Crippen molar-refractivity contribution in [1.29, 1.82) is 0 Å². The van der Waals surface area contributed by atoms with Crippen LogP contribution < -0.4 is 0 Å². The van der Waals surface area contributed by atoms with E-state index in [0.29, 0.717) is 0 Å². The maximum absolute atomic E-state index is 3.43. The average molecular weight is 596 g/mol. The normalized spacial score (nSPS) is 11.4. The maximum atomic E-state index is 3.43. The van der Waals surface area contributed by atoms with Gasteiger partial charge in [0.15, 0.2) is 0 Å². The van der Waals surface area contributed by atoms with Gasteiger partial charge in [-0.05, 0) is 12.8 Å². The predicted octanol–water partition coefficient (Wildman–Crippen LogP) is 7.25. The van der Waals surface area contributed by atoms with Crippen LogP contribution in [-0.2, 0) is 38.7 Å². The number of benzene rings is 4. The van der Waals surface area contributed by atoms with Gasteiger partial charge in [0.1, 0.15) is 0 Å². The van der Waals surface area contributed by atoms with E-state index in [1.165, 1.54) is 55.6 Å². The van der Waals surface area contributed by atoms with Gasteiger partial charge < -0.3 is 0 Å². The summed E-state index contributed by atoms with van der Waals surface area (Å²) >= 11 is 0. The van der Waals surface area contributed by atoms with Gasteiger partial charge in [-0.3, -0.25) is 0 Å². The van der Waals surface area contributed by atoms with E-state index in [9.17, 15) is 0 Å². The third-order valence-electron chi connectivity index (χ3n) is 5.70. The SMILES string of the molecule is C[SiH]C.Cc1[c-]c2c(cc1)-c1ccccc1C2.Cc1[c-]c2c(cc1)-c1ccccc1C2.[Hf]. The molecular formula is C30H29HfSi-2. The molecule has 0 aliphatic heterocycles. The summed E-state index contributed by atoms with van der Waals surface area (Å²) in [6, 6.07) is 32.8. The van der Waals surface area contributed by atoms with E-state index in [1.54, 1.807) is 0 Å². The van der Waals surface area contributed by atoms with Crippen LogP contribution in [0.4, 0.5) is 0 Å². The zero-order valence-corrected chi connectivity index (χ0v) is 24.2. The Bertz CT molecular complexity index is 1110. The summed E-state index contributed by atoms with van der Waals surface area (Å²) in [4.78, 5) is 0. The molecule has 2 aliphatic carbocycles. The van der Waals surface area contributed by atoms with Crippen LogP contribution in [0, 0.1) is 26.0 Å². The second-order valence-corrected chi connectivity index (χ2v) is 9.47. The molecule has 0 aromatic heterocycles. The monoisotopic (exact) mass is 597 g/mol. The zero-order chi connectivity index (χ0) is 21.8. The number of rotatable bonds is 0. The van der Waals surface area contributed by atoms with E-state index < -0.39 is 0 Å². The van der Waals surface area contributed by atoms with Crippen molar-refractivity contribution in [2.45, 2.75) is 39.8 Å². The first-order chi connectivity index (χ1) is 15.1. The molecule has 2 aliphatic rings. The summed E-state index contributed by atoms with van der Waals surface area (Å²) in [7, 11) is 0.750.